The monoisotopic (exact) mass is 390 g/mol. The van der Waals surface area contributed by atoms with Crippen molar-refractivity contribution in [2.24, 2.45) is 0 Å². The molecule has 3 aromatic rings. The van der Waals surface area contributed by atoms with Crippen molar-refractivity contribution in [3.8, 4) is 0 Å². The Balaban J connectivity index is 1.79. The van der Waals surface area contributed by atoms with E-state index in [2.05, 4.69) is 11.4 Å². The first kappa shape index (κ1) is 18.4. The summed E-state index contributed by atoms with van der Waals surface area (Å²) in [6.07, 6.45) is 0. The molecule has 2 atom stereocenters. The van der Waals surface area contributed by atoms with Gasteiger partial charge in [-0.05, 0) is 60.2 Å². The van der Waals surface area contributed by atoms with Gasteiger partial charge < -0.3 is 10.2 Å². The maximum Gasteiger partial charge on any atom is 0.254 e. The highest BCUT2D eigenvalue weighted by molar-refractivity contribution is 7.10. The van der Waals surface area contributed by atoms with Crippen molar-refractivity contribution in [1.82, 2.24) is 4.90 Å². The summed E-state index contributed by atoms with van der Waals surface area (Å²) in [5, 5.41) is 5.07. The summed E-state index contributed by atoms with van der Waals surface area (Å²) in [4.78, 5) is 29.1. The van der Waals surface area contributed by atoms with Gasteiger partial charge in [-0.1, -0.05) is 30.3 Å². The Kier molecular flexibility index (Phi) is 4.77. The molecular formula is C23H22N2O2S. The molecule has 0 aliphatic carbocycles. The number of anilines is 1. The number of thiophene rings is 1. The Bertz CT molecular complexity index is 1020. The smallest absolute Gasteiger partial charge is 0.254 e. The van der Waals surface area contributed by atoms with Crippen molar-refractivity contribution in [1.29, 1.82) is 0 Å². The van der Waals surface area contributed by atoms with E-state index < -0.39 is 5.92 Å². The first-order chi connectivity index (χ1) is 13.5. The summed E-state index contributed by atoms with van der Waals surface area (Å²) < 4.78 is 0. The van der Waals surface area contributed by atoms with Gasteiger partial charge in [0.2, 0.25) is 5.91 Å². The normalized spacial score (nSPS) is 18.7. The molecule has 142 valence electrons. The van der Waals surface area contributed by atoms with Gasteiger partial charge in [0.25, 0.3) is 5.91 Å². The molecular weight excluding hydrogens is 368 g/mol. The Hall–Kier alpha value is -2.92. The van der Waals surface area contributed by atoms with Gasteiger partial charge in [0.15, 0.2) is 0 Å². The fraction of sp³-hybridized carbons (Fsp3) is 0.217. The molecule has 2 heterocycles. The van der Waals surface area contributed by atoms with Crippen LogP contribution in [0.25, 0.3) is 0 Å². The number of hydrogen-bond acceptors (Lipinski definition) is 3. The molecule has 0 radical (unpaired) electrons. The van der Waals surface area contributed by atoms with E-state index in [1.165, 1.54) is 0 Å². The molecule has 0 bridgehead atoms. The number of carbonyl (C=O) groups is 2. The van der Waals surface area contributed by atoms with Gasteiger partial charge in [0.05, 0.1) is 12.0 Å². The van der Waals surface area contributed by atoms with Crippen molar-refractivity contribution in [2.45, 2.75) is 25.8 Å². The second kappa shape index (κ2) is 7.24. The molecule has 0 unspecified atom stereocenters. The van der Waals surface area contributed by atoms with Crippen LogP contribution in [0.1, 0.15) is 43.9 Å². The van der Waals surface area contributed by atoms with E-state index in [-0.39, 0.29) is 17.9 Å². The maximum absolute atomic E-state index is 13.5. The van der Waals surface area contributed by atoms with E-state index >= 15 is 0 Å². The molecule has 4 nitrogen and oxygen atoms in total. The highest BCUT2D eigenvalue weighted by Crippen LogP contribution is 2.43. The van der Waals surface area contributed by atoms with Crippen LogP contribution in [-0.4, -0.2) is 23.8 Å². The van der Waals surface area contributed by atoms with Crippen LogP contribution in [0, 0.1) is 13.8 Å². The summed E-state index contributed by atoms with van der Waals surface area (Å²) >= 11 is 1.57. The Morgan fingerprint density at radius 2 is 1.75 bits per heavy atom. The Labute approximate surface area is 168 Å². The van der Waals surface area contributed by atoms with Crippen LogP contribution < -0.4 is 5.32 Å². The van der Waals surface area contributed by atoms with E-state index in [4.69, 9.17) is 0 Å². The van der Waals surface area contributed by atoms with Crippen LogP contribution in [-0.2, 0) is 4.79 Å². The lowest BCUT2D eigenvalue weighted by molar-refractivity contribution is -0.119. The highest BCUT2D eigenvalue weighted by atomic mass is 32.1. The van der Waals surface area contributed by atoms with Crippen LogP contribution in [0.2, 0.25) is 0 Å². The summed E-state index contributed by atoms with van der Waals surface area (Å²) in [5.74, 6) is -0.627. The standard InChI is InChI=1S/C23H22N2O2S/c1-14-11-15(2)13-16(12-14)24-22(26)20-17-7-4-5-8-18(17)23(27)25(3)21(20)19-9-6-10-28-19/h4-13,20-21H,1-3H3,(H,24,26)/t20-,21-/m1/s1. The number of rotatable bonds is 3. The molecule has 28 heavy (non-hydrogen) atoms. The van der Waals surface area contributed by atoms with Crippen LogP contribution in [0.4, 0.5) is 5.69 Å². The minimum Gasteiger partial charge on any atom is -0.333 e. The number of fused-ring (bicyclic) bond motifs is 1. The fourth-order valence-corrected chi connectivity index (χ4v) is 4.94. The van der Waals surface area contributed by atoms with E-state index in [1.807, 2.05) is 61.7 Å². The lowest BCUT2D eigenvalue weighted by Crippen LogP contribution is -2.43. The van der Waals surface area contributed by atoms with E-state index in [1.54, 1.807) is 29.4 Å². The van der Waals surface area contributed by atoms with Gasteiger partial charge in [0.1, 0.15) is 0 Å². The molecule has 5 heteroatoms. The number of carbonyl (C=O) groups excluding carboxylic acids is 2. The summed E-state index contributed by atoms with van der Waals surface area (Å²) in [6.45, 7) is 4.03. The quantitative estimate of drug-likeness (QED) is 0.690. The molecule has 1 N–H and O–H groups in total. The van der Waals surface area contributed by atoms with Gasteiger partial charge in [-0.3, -0.25) is 9.59 Å². The minimum atomic E-state index is -0.474. The highest BCUT2D eigenvalue weighted by Gasteiger charge is 2.43. The number of nitrogens with one attached hydrogen (secondary N) is 1. The average molecular weight is 391 g/mol. The zero-order chi connectivity index (χ0) is 19.8. The molecule has 4 rings (SSSR count). The molecule has 2 amide bonds. The predicted molar refractivity (Wildman–Crippen MR) is 113 cm³/mol. The van der Waals surface area contributed by atoms with Gasteiger partial charge in [-0.2, -0.15) is 0 Å². The van der Waals surface area contributed by atoms with Crippen molar-refractivity contribution in [3.63, 3.8) is 0 Å². The molecule has 0 fully saturated rings. The summed E-state index contributed by atoms with van der Waals surface area (Å²) in [5.41, 5.74) is 4.36. The Morgan fingerprint density at radius 3 is 2.43 bits per heavy atom. The zero-order valence-corrected chi connectivity index (χ0v) is 16.9. The largest absolute Gasteiger partial charge is 0.333 e. The number of nitrogens with zero attached hydrogens (tertiary/aromatic N) is 1. The maximum atomic E-state index is 13.5. The third-order valence-electron chi connectivity index (χ3n) is 5.19. The molecule has 1 aliphatic rings. The van der Waals surface area contributed by atoms with Crippen LogP contribution >= 0.6 is 11.3 Å². The second-order valence-electron chi connectivity index (χ2n) is 7.31. The predicted octanol–water partition coefficient (Wildman–Crippen LogP) is 4.91. The van der Waals surface area contributed by atoms with Gasteiger partial charge in [0, 0.05) is 23.2 Å². The lowest BCUT2D eigenvalue weighted by atomic mass is 9.81. The molecule has 0 saturated carbocycles. The number of likely N-dealkylation sites (N-methyl/N-ethyl adjacent to an activating group) is 1. The van der Waals surface area contributed by atoms with Crippen LogP contribution in [0.5, 0.6) is 0 Å². The van der Waals surface area contributed by atoms with Gasteiger partial charge in [-0.25, -0.2) is 0 Å². The van der Waals surface area contributed by atoms with Crippen LogP contribution in [0.3, 0.4) is 0 Å². The van der Waals surface area contributed by atoms with Gasteiger partial charge >= 0.3 is 0 Å². The third-order valence-corrected chi connectivity index (χ3v) is 6.13. The Morgan fingerprint density at radius 1 is 1.04 bits per heavy atom. The minimum absolute atomic E-state index is 0.0514. The number of benzene rings is 2. The SMILES string of the molecule is Cc1cc(C)cc(NC(=O)[C@@H]2c3ccccc3C(=O)N(C)[C@@H]2c2cccs2)c1. The second-order valence-corrected chi connectivity index (χ2v) is 8.29. The number of hydrogen-bond donors (Lipinski definition) is 1. The van der Waals surface area contributed by atoms with Gasteiger partial charge in [-0.15, -0.1) is 11.3 Å². The first-order valence-electron chi connectivity index (χ1n) is 9.24. The third kappa shape index (κ3) is 3.22. The molecule has 0 saturated heterocycles. The molecule has 2 aromatic carbocycles. The molecule has 1 aliphatic heterocycles. The van der Waals surface area contributed by atoms with Crippen molar-refractivity contribution < 1.29 is 9.59 Å². The number of amides is 2. The van der Waals surface area contributed by atoms with E-state index in [9.17, 15) is 9.59 Å². The summed E-state index contributed by atoms with van der Waals surface area (Å²) in [6, 6.07) is 17.1. The topological polar surface area (TPSA) is 49.4 Å². The lowest BCUT2D eigenvalue weighted by Gasteiger charge is -2.39. The summed E-state index contributed by atoms with van der Waals surface area (Å²) in [7, 11) is 1.78. The van der Waals surface area contributed by atoms with E-state index in [0.29, 0.717) is 5.56 Å². The van der Waals surface area contributed by atoms with E-state index in [0.717, 1.165) is 27.3 Å². The van der Waals surface area contributed by atoms with Crippen molar-refractivity contribution in [2.75, 3.05) is 12.4 Å². The first-order valence-corrected chi connectivity index (χ1v) is 10.1. The molecule has 0 spiro atoms. The van der Waals surface area contributed by atoms with Crippen LogP contribution in [0.15, 0.2) is 60.0 Å². The molecule has 1 aromatic heterocycles. The van der Waals surface area contributed by atoms with Crippen molar-refractivity contribution >= 4 is 28.8 Å². The zero-order valence-electron chi connectivity index (χ0n) is 16.1. The fourth-order valence-electron chi connectivity index (χ4n) is 4.04. The average Bonchev–Trinajstić information content (AvgIpc) is 3.17. The van der Waals surface area contributed by atoms with Crippen molar-refractivity contribution in [3.05, 3.63) is 87.1 Å². The number of aryl methyl sites for hydroxylation is 2.